The van der Waals surface area contributed by atoms with Gasteiger partial charge in [0.2, 0.25) is 0 Å². The van der Waals surface area contributed by atoms with Crippen molar-refractivity contribution >= 4 is 0 Å². The smallest absolute Gasteiger partial charge is 0.119 e. The Balaban J connectivity index is 2.16. The summed E-state index contributed by atoms with van der Waals surface area (Å²) in [6.45, 7) is 5.80. The third-order valence-corrected chi connectivity index (χ3v) is 3.69. The molecule has 0 amide bonds. The molecule has 0 atom stereocenters. The van der Waals surface area contributed by atoms with Crippen LogP contribution in [0.1, 0.15) is 30.9 Å². The molecule has 0 aliphatic heterocycles. The molecule has 3 nitrogen and oxygen atoms in total. The van der Waals surface area contributed by atoms with Crippen molar-refractivity contribution in [3.05, 3.63) is 29.3 Å². The Morgan fingerprint density at radius 3 is 2.80 bits per heavy atom. The molecule has 1 saturated carbocycles. The van der Waals surface area contributed by atoms with Crippen LogP contribution in [0.3, 0.4) is 0 Å². The maximum Gasteiger partial charge on any atom is 0.119 e. The standard InChI is InChI=1S/C17H24N2O/c1-3-19(12-14-6-7-14)13-16-11-17(20-2)9-8-15(16)5-4-10-18/h8-9,11,14H,3,6-7,10,12-13,18H2,1-2H3. The van der Waals surface area contributed by atoms with Crippen LogP contribution >= 0.6 is 0 Å². The molecule has 0 radical (unpaired) electrons. The van der Waals surface area contributed by atoms with Gasteiger partial charge in [0.1, 0.15) is 5.75 Å². The van der Waals surface area contributed by atoms with E-state index in [1.54, 1.807) is 7.11 Å². The Labute approximate surface area is 122 Å². The van der Waals surface area contributed by atoms with Gasteiger partial charge < -0.3 is 10.5 Å². The van der Waals surface area contributed by atoms with Gasteiger partial charge >= 0.3 is 0 Å². The molecular formula is C17H24N2O. The van der Waals surface area contributed by atoms with Crippen molar-refractivity contribution in [2.45, 2.75) is 26.3 Å². The van der Waals surface area contributed by atoms with Crippen LogP contribution in [0.15, 0.2) is 18.2 Å². The van der Waals surface area contributed by atoms with E-state index in [0.29, 0.717) is 6.54 Å². The zero-order valence-electron chi connectivity index (χ0n) is 12.5. The fourth-order valence-electron chi connectivity index (χ4n) is 2.31. The zero-order valence-corrected chi connectivity index (χ0v) is 12.5. The Kier molecular flexibility index (Phi) is 5.46. The van der Waals surface area contributed by atoms with Gasteiger partial charge in [-0.05, 0) is 49.1 Å². The molecule has 0 bridgehead atoms. The number of rotatable bonds is 6. The number of ether oxygens (including phenoxy) is 1. The first kappa shape index (κ1) is 14.9. The predicted octanol–water partition coefficient (Wildman–Crippen LogP) is 2.24. The van der Waals surface area contributed by atoms with Crippen LogP contribution in [-0.4, -0.2) is 31.6 Å². The highest BCUT2D eigenvalue weighted by Crippen LogP contribution is 2.30. The van der Waals surface area contributed by atoms with E-state index in [1.807, 2.05) is 12.1 Å². The normalized spacial score (nSPS) is 14.0. The molecule has 1 fully saturated rings. The van der Waals surface area contributed by atoms with Crippen LogP contribution in [0, 0.1) is 17.8 Å². The van der Waals surface area contributed by atoms with Gasteiger partial charge in [-0.2, -0.15) is 0 Å². The Morgan fingerprint density at radius 2 is 2.20 bits per heavy atom. The fourth-order valence-corrected chi connectivity index (χ4v) is 2.31. The molecule has 20 heavy (non-hydrogen) atoms. The van der Waals surface area contributed by atoms with Crippen molar-refractivity contribution in [3.63, 3.8) is 0 Å². The molecule has 0 saturated heterocycles. The monoisotopic (exact) mass is 272 g/mol. The first-order chi connectivity index (χ1) is 9.76. The molecule has 0 heterocycles. The first-order valence-corrected chi connectivity index (χ1v) is 7.35. The lowest BCUT2D eigenvalue weighted by atomic mass is 10.1. The van der Waals surface area contributed by atoms with E-state index in [-0.39, 0.29) is 0 Å². The van der Waals surface area contributed by atoms with E-state index in [4.69, 9.17) is 10.5 Å². The Hall–Kier alpha value is -1.50. The van der Waals surface area contributed by atoms with Crippen molar-refractivity contribution in [2.75, 3.05) is 26.7 Å². The summed E-state index contributed by atoms with van der Waals surface area (Å²) in [5, 5.41) is 0. The third-order valence-electron chi connectivity index (χ3n) is 3.69. The summed E-state index contributed by atoms with van der Waals surface area (Å²) in [5.74, 6) is 7.90. The summed E-state index contributed by atoms with van der Waals surface area (Å²) in [4.78, 5) is 2.49. The van der Waals surface area contributed by atoms with E-state index in [9.17, 15) is 0 Å². The number of nitrogens with zero attached hydrogens (tertiary/aromatic N) is 1. The van der Waals surface area contributed by atoms with Gasteiger partial charge in [0, 0.05) is 18.7 Å². The largest absolute Gasteiger partial charge is 0.497 e. The number of hydrogen-bond acceptors (Lipinski definition) is 3. The quantitative estimate of drug-likeness (QED) is 0.807. The molecule has 0 aromatic heterocycles. The van der Waals surface area contributed by atoms with Crippen LogP contribution in [0.25, 0.3) is 0 Å². The molecule has 3 heteroatoms. The lowest BCUT2D eigenvalue weighted by Gasteiger charge is -2.21. The number of benzene rings is 1. The van der Waals surface area contributed by atoms with Gasteiger partial charge in [0.05, 0.1) is 13.7 Å². The zero-order chi connectivity index (χ0) is 14.4. The highest BCUT2D eigenvalue weighted by Gasteiger charge is 2.23. The van der Waals surface area contributed by atoms with E-state index in [0.717, 1.165) is 30.3 Å². The first-order valence-electron chi connectivity index (χ1n) is 7.35. The SMILES string of the molecule is CCN(Cc1cc(OC)ccc1C#CCN)CC1CC1. The maximum absolute atomic E-state index is 5.48. The lowest BCUT2D eigenvalue weighted by Crippen LogP contribution is -2.25. The Bertz CT molecular complexity index is 497. The van der Waals surface area contributed by atoms with Gasteiger partial charge in [0.15, 0.2) is 0 Å². The van der Waals surface area contributed by atoms with Crippen LogP contribution in [0.2, 0.25) is 0 Å². The molecule has 1 aromatic carbocycles. The third kappa shape index (κ3) is 4.26. The van der Waals surface area contributed by atoms with Crippen molar-refractivity contribution in [2.24, 2.45) is 11.7 Å². The maximum atomic E-state index is 5.48. The van der Waals surface area contributed by atoms with Gasteiger partial charge in [-0.25, -0.2) is 0 Å². The van der Waals surface area contributed by atoms with Crippen LogP contribution in [0.5, 0.6) is 5.75 Å². The molecular weight excluding hydrogens is 248 g/mol. The second-order valence-electron chi connectivity index (χ2n) is 5.30. The molecule has 108 valence electrons. The number of methoxy groups -OCH3 is 1. The fraction of sp³-hybridized carbons (Fsp3) is 0.529. The topological polar surface area (TPSA) is 38.5 Å². The molecule has 0 unspecified atom stereocenters. The number of hydrogen-bond donors (Lipinski definition) is 1. The van der Waals surface area contributed by atoms with Crippen molar-refractivity contribution in [3.8, 4) is 17.6 Å². The van der Waals surface area contributed by atoms with Gasteiger partial charge in [0.25, 0.3) is 0 Å². The average molecular weight is 272 g/mol. The van der Waals surface area contributed by atoms with E-state index >= 15 is 0 Å². The minimum absolute atomic E-state index is 0.394. The minimum atomic E-state index is 0.394. The molecule has 1 aromatic rings. The second-order valence-corrected chi connectivity index (χ2v) is 5.30. The van der Waals surface area contributed by atoms with Crippen molar-refractivity contribution in [1.82, 2.24) is 4.90 Å². The lowest BCUT2D eigenvalue weighted by molar-refractivity contribution is 0.268. The van der Waals surface area contributed by atoms with E-state index < -0.39 is 0 Å². The number of nitrogens with two attached hydrogens (primary N) is 1. The summed E-state index contributed by atoms with van der Waals surface area (Å²) < 4.78 is 5.33. The summed E-state index contributed by atoms with van der Waals surface area (Å²) in [6.07, 6.45) is 2.77. The van der Waals surface area contributed by atoms with Gasteiger partial charge in [-0.1, -0.05) is 18.8 Å². The van der Waals surface area contributed by atoms with Crippen molar-refractivity contribution < 1.29 is 4.74 Å². The summed E-state index contributed by atoms with van der Waals surface area (Å²) in [6, 6.07) is 6.08. The molecule has 0 spiro atoms. The minimum Gasteiger partial charge on any atom is -0.497 e. The summed E-state index contributed by atoms with van der Waals surface area (Å²) >= 11 is 0. The molecule has 2 rings (SSSR count). The van der Waals surface area contributed by atoms with Gasteiger partial charge in [-0.3, -0.25) is 4.90 Å². The highest BCUT2D eigenvalue weighted by atomic mass is 16.5. The summed E-state index contributed by atoms with van der Waals surface area (Å²) in [7, 11) is 1.70. The Morgan fingerprint density at radius 1 is 1.40 bits per heavy atom. The van der Waals surface area contributed by atoms with E-state index in [1.165, 1.54) is 24.9 Å². The average Bonchev–Trinajstić information content (AvgIpc) is 3.29. The summed E-state index contributed by atoms with van der Waals surface area (Å²) in [5.41, 5.74) is 7.77. The van der Waals surface area contributed by atoms with E-state index in [2.05, 4.69) is 29.7 Å². The predicted molar refractivity (Wildman–Crippen MR) is 82.6 cm³/mol. The second kappa shape index (κ2) is 7.33. The highest BCUT2D eigenvalue weighted by molar-refractivity contribution is 5.45. The van der Waals surface area contributed by atoms with Crippen LogP contribution in [0.4, 0.5) is 0 Å². The molecule has 1 aliphatic carbocycles. The molecule has 1 aliphatic rings. The van der Waals surface area contributed by atoms with Gasteiger partial charge in [-0.15, -0.1) is 0 Å². The van der Waals surface area contributed by atoms with Crippen molar-refractivity contribution in [1.29, 1.82) is 0 Å². The molecule has 2 N–H and O–H groups in total. The van der Waals surface area contributed by atoms with Crippen LogP contribution < -0.4 is 10.5 Å². The van der Waals surface area contributed by atoms with Crippen LogP contribution in [-0.2, 0) is 6.54 Å².